The number of hydrogen-bond donors (Lipinski definition) is 0. The zero-order valence-corrected chi connectivity index (χ0v) is 9.80. The van der Waals surface area contributed by atoms with Crippen molar-refractivity contribution in [2.75, 3.05) is 26.1 Å². The van der Waals surface area contributed by atoms with Crippen LogP contribution in [0.5, 0.6) is 0 Å². The summed E-state index contributed by atoms with van der Waals surface area (Å²) in [6, 6.07) is 5.48. The highest BCUT2D eigenvalue weighted by atomic mass is 32.1. The number of carbonyl (C=O) groups excluding carboxylic acids is 1. The molecule has 1 rings (SSSR count). The van der Waals surface area contributed by atoms with Crippen LogP contribution < -0.4 is 4.90 Å². The molecule has 15 heavy (non-hydrogen) atoms. The molecular weight excluding hydrogens is 210 g/mol. The molecule has 0 aromatic heterocycles. The molecule has 0 bridgehead atoms. The molecule has 4 heteroatoms. The average molecular weight is 223 g/mol. The fraction of sp³-hybridized carbons (Fsp3) is 0.273. The van der Waals surface area contributed by atoms with Crippen molar-refractivity contribution in [2.45, 2.75) is 0 Å². The van der Waals surface area contributed by atoms with Crippen LogP contribution in [0.4, 0.5) is 5.69 Å². The van der Waals surface area contributed by atoms with Crippen molar-refractivity contribution in [2.24, 2.45) is 0 Å². The first-order valence-corrected chi connectivity index (χ1v) is 4.86. The molecule has 0 spiro atoms. The largest absolute Gasteiger partial charge is 0.486 e. The molecule has 1 aromatic carbocycles. The highest BCUT2D eigenvalue weighted by Gasteiger charge is 2.08. The molecule has 1 aromatic rings. The summed E-state index contributed by atoms with van der Waals surface area (Å²) in [4.78, 5) is 12.8. The molecule has 0 amide bonds. The number of aldehydes is 1. The molecule has 0 unspecified atom stereocenters. The standard InChI is InChI=1S/C11H13NO2S/c1-12(2)9-4-5-10(11(15)14-3)8(6-9)7-13/h4-7H,1-3H3. The molecule has 0 aliphatic carbocycles. The first-order chi connectivity index (χ1) is 7.10. The predicted octanol–water partition coefficient (Wildman–Crippen LogP) is 1.89. The van der Waals surface area contributed by atoms with E-state index in [4.69, 9.17) is 17.0 Å². The summed E-state index contributed by atoms with van der Waals surface area (Å²) in [7, 11) is 5.33. The number of carbonyl (C=O) groups is 1. The van der Waals surface area contributed by atoms with Crippen molar-refractivity contribution in [3.05, 3.63) is 29.3 Å². The second-order valence-corrected chi connectivity index (χ2v) is 3.65. The number of benzene rings is 1. The summed E-state index contributed by atoms with van der Waals surface area (Å²) in [5.74, 6) is 0. The van der Waals surface area contributed by atoms with Gasteiger partial charge in [-0.15, -0.1) is 0 Å². The van der Waals surface area contributed by atoms with Gasteiger partial charge in [0.15, 0.2) is 11.3 Å². The van der Waals surface area contributed by atoms with Crippen LogP contribution in [0, 0.1) is 0 Å². The predicted molar refractivity (Wildman–Crippen MR) is 64.9 cm³/mol. The molecular formula is C11H13NO2S. The Hall–Kier alpha value is -1.42. The molecule has 80 valence electrons. The topological polar surface area (TPSA) is 29.5 Å². The van der Waals surface area contributed by atoms with Gasteiger partial charge < -0.3 is 9.64 Å². The van der Waals surface area contributed by atoms with Crippen molar-refractivity contribution in [3.63, 3.8) is 0 Å². The summed E-state index contributed by atoms with van der Waals surface area (Å²) < 4.78 is 4.94. The third-order valence-electron chi connectivity index (χ3n) is 2.08. The Balaban J connectivity index is 3.20. The van der Waals surface area contributed by atoms with Gasteiger partial charge in [-0.25, -0.2) is 0 Å². The lowest BCUT2D eigenvalue weighted by Crippen LogP contribution is -2.11. The Labute approximate surface area is 94.6 Å². The molecule has 0 fully saturated rings. The van der Waals surface area contributed by atoms with Crippen LogP contribution in [0.1, 0.15) is 15.9 Å². The van der Waals surface area contributed by atoms with E-state index in [-0.39, 0.29) is 0 Å². The average Bonchev–Trinajstić information content (AvgIpc) is 2.27. The minimum Gasteiger partial charge on any atom is -0.486 e. The van der Waals surface area contributed by atoms with Crippen LogP contribution in [-0.2, 0) is 4.74 Å². The fourth-order valence-electron chi connectivity index (χ4n) is 1.22. The Bertz CT molecular complexity index is 388. The van der Waals surface area contributed by atoms with E-state index in [9.17, 15) is 4.79 Å². The van der Waals surface area contributed by atoms with Crippen LogP contribution in [0.25, 0.3) is 0 Å². The van der Waals surface area contributed by atoms with Gasteiger partial charge in [-0.1, -0.05) is 0 Å². The van der Waals surface area contributed by atoms with E-state index in [2.05, 4.69) is 0 Å². The summed E-state index contributed by atoms with van der Waals surface area (Å²) >= 11 is 4.99. The molecule has 0 heterocycles. The second-order valence-electron chi connectivity index (χ2n) is 3.28. The minimum atomic E-state index is 0.336. The lowest BCUT2D eigenvalue weighted by Gasteiger charge is -2.14. The Morgan fingerprint density at radius 2 is 2.13 bits per heavy atom. The third-order valence-corrected chi connectivity index (χ3v) is 2.47. The number of anilines is 1. The van der Waals surface area contributed by atoms with Gasteiger partial charge >= 0.3 is 0 Å². The van der Waals surface area contributed by atoms with Crippen molar-refractivity contribution in [1.82, 2.24) is 0 Å². The van der Waals surface area contributed by atoms with Crippen molar-refractivity contribution in [1.29, 1.82) is 0 Å². The Morgan fingerprint density at radius 3 is 2.60 bits per heavy atom. The number of hydrogen-bond acceptors (Lipinski definition) is 4. The normalized spacial score (nSPS) is 9.53. The van der Waals surface area contributed by atoms with E-state index in [1.54, 1.807) is 12.1 Å². The lowest BCUT2D eigenvalue weighted by molar-refractivity contribution is 0.112. The fourth-order valence-corrected chi connectivity index (χ4v) is 1.41. The highest BCUT2D eigenvalue weighted by Crippen LogP contribution is 2.17. The zero-order chi connectivity index (χ0) is 11.4. The maximum Gasteiger partial charge on any atom is 0.191 e. The number of thiocarbonyl (C=S) groups is 1. The summed E-state index contributed by atoms with van der Waals surface area (Å²) in [6.45, 7) is 0. The zero-order valence-electron chi connectivity index (χ0n) is 8.98. The highest BCUT2D eigenvalue weighted by molar-refractivity contribution is 7.80. The van der Waals surface area contributed by atoms with Crippen molar-refractivity contribution >= 4 is 29.2 Å². The third kappa shape index (κ3) is 2.53. The monoisotopic (exact) mass is 223 g/mol. The molecule has 0 radical (unpaired) electrons. The summed E-state index contributed by atoms with van der Waals surface area (Å²) in [5.41, 5.74) is 2.17. The minimum absolute atomic E-state index is 0.336. The number of methoxy groups -OCH3 is 1. The Morgan fingerprint density at radius 1 is 1.47 bits per heavy atom. The molecule has 0 atom stereocenters. The second kappa shape index (κ2) is 4.89. The van der Waals surface area contributed by atoms with E-state index < -0.39 is 0 Å². The first kappa shape index (κ1) is 11.7. The van der Waals surface area contributed by atoms with Crippen LogP contribution in [0.2, 0.25) is 0 Å². The molecule has 0 saturated heterocycles. The van der Waals surface area contributed by atoms with Crippen molar-refractivity contribution in [3.8, 4) is 0 Å². The van der Waals surface area contributed by atoms with Gasteiger partial charge in [-0.05, 0) is 30.4 Å². The number of nitrogens with zero attached hydrogens (tertiary/aromatic N) is 1. The SMILES string of the molecule is COC(=S)c1ccc(N(C)C)cc1C=O. The van der Waals surface area contributed by atoms with E-state index in [0.717, 1.165) is 12.0 Å². The summed E-state index contributed by atoms with van der Waals surface area (Å²) in [6.07, 6.45) is 0.785. The van der Waals surface area contributed by atoms with E-state index in [1.165, 1.54) is 7.11 Å². The smallest absolute Gasteiger partial charge is 0.191 e. The van der Waals surface area contributed by atoms with Gasteiger partial charge in [0, 0.05) is 30.9 Å². The van der Waals surface area contributed by atoms with Crippen LogP contribution in [0.3, 0.4) is 0 Å². The molecule has 0 saturated carbocycles. The lowest BCUT2D eigenvalue weighted by atomic mass is 10.1. The van der Waals surface area contributed by atoms with Gasteiger partial charge in [0.2, 0.25) is 0 Å². The summed E-state index contributed by atoms with van der Waals surface area (Å²) in [5, 5.41) is 0.336. The molecule has 0 aliphatic rings. The van der Waals surface area contributed by atoms with E-state index in [1.807, 2.05) is 25.1 Å². The maximum atomic E-state index is 10.9. The van der Waals surface area contributed by atoms with Gasteiger partial charge in [0.05, 0.1) is 7.11 Å². The maximum absolute atomic E-state index is 10.9. The van der Waals surface area contributed by atoms with E-state index >= 15 is 0 Å². The number of rotatable bonds is 3. The first-order valence-electron chi connectivity index (χ1n) is 4.45. The molecule has 3 nitrogen and oxygen atoms in total. The van der Waals surface area contributed by atoms with Crippen LogP contribution in [-0.4, -0.2) is 32.5 Å². The van der Waals surface area contributed by atoms with E-state index in [0.29, 0.717) is 16.2 Å². The van der Waals surface area contributed by atoms with Crippen LogP contribution >= 0.6 is 12.2 Å². The Kier molecular flexibility index (Phi) is 3.80. The molecule has 0 N–H and O–H groups in total. The van der Waals surface area contributed by atoms with Crippen LogP contribution in [0.15, 0.2) is 18.2 Å². The molecule has 0 aliphatic heterocycles. The van der Waals surface area contributed by atoms with Gasteiger partial charge in [-0.2, -0.15) is 0 Å². The van der Waals surface area contributed by atoms with Crippen molar-refractivity contribution < 1.29 is 9.53 Å². The van der Waals surface area contributed by atoms with Gasteiger partial charge in [0.1, 0.15) is 0 Å². The number of ether oxygens (including phenoxy) is 1. The quantitative estimate of drug-likeness (QED) is 0.578. The van der Waals surface area contributed by atoms with Gasteiger partial charge in [-0.3, -0.25) is 4.79 Å². The van der Waals surface area contributed by atoms with Gasteiger partial charge in [0.25, 0.3) is 0 Å².